The minimum Gasteiger partial charge on any atom is -0.396 e. The van der Waals surface area contributed by atoms with Crippen LogP contribution in [-0.4, -0.2) is 29.3 Å². The predicted molar refractivity (Wildman–Crippen MR) is 89.1 cm³/mol. The Morgan fingerprint density at radius 3 is 2.70 bits per heavy atom. The summed E-state index contributed by atoms with van der Waals surface area (Å²) in [7, 11) is 0. The number of hydrogen-bond acceptors (Lipinski definition) is 4. The van der Waals surface area contributed by atoms with Crippen molar-refractivity contribution in [2.75, 3.05) is 13.2 Å². The first-order valence-electron chi connectivity index (χ1n) is 8.08. The lowest BCUT2D eigenvalue weighted by molar-refractivity contribution is 0.0942. The van der Waals surface area contributed by atoms with E-state index in [1.54, 1.807) is 6.92 Å². The van der Waals surface area contributed by atoms with Gasteiger partial charge in [0.2, 0.25) is 0 Å². The Hall–Kier alpha value is -2.14. The van der Waals surface area contributed by atoms with Gasteiger partial charge in [-0.2, -0.15) is 0 Å². The van der Waals surface area contributed by atoms with Crippen LogP contribution < -0.4 is 5.32 Å². The third-order valence-electron chi connectivity index (χ3n) is 3.92. The number of aliphatic hydroxyl groups is 1. The molecular weight excluding hydrogens is 292 g/mol. The summed E-state index contributed by atoms with van der Waals surface area (Å²) in [6.45, 7) is 4.53. The number of carbonyl (C=O) groups excluding carboxylic acids is 1. The van der Waals surface area contributed by atoms with Gasteiger partial charge in [-0.25, -0.2) is 0 Å². The zero-order valence-corrected chi connectivity index (χ0v) is 13.7. The molecule has 1 aromatic carbocycles. The van der Waals surface area contributed by atoms with Crippen LogP contribution in [0.4, 0.5) is 0 Å². The van der Waals surface area contributed by atoms with Gasteiger partial charge in [0.05, 0.1) is 0 Å². The molecule has 23 heavy (non-hydrogen) atoms. The van der Waals surface area contributed by atoms with Gasteiger partial charge in [0.25, 0.3) is 5.91 Å². The topological polar surface area (TPSA) is 75.4 Å². The lowest BCUT2D eigenvalue weighted by Crippen LogP contribution is -2.30. The van der Waals surface area contributed by atoms with Crippen LogP contribution in [0.2, 0.25) is 0 Å². The molecule has 1 amide bonds. The summed E-state index contributed by atoms with van der Waals surface area (Å²) in [4.78, 5) is 12.6. The van der Waals surface area contributed by atoms with E-state index in [1.807, 2.05) is 30.3 Å². The summed E-state index contributed by atoms with van der Waals surface area (Å²) in [5.74, 6) is 0.617. The Labute approximate surface area is 136 Å². The fourth-order valence-corrected chi connectivity index (χ4v) is 2.70. The molecule has 0 fully saturated rings. The minimum atomic E-state index is -0.179. The number of carbonyl (C=O) groups is 1. The van der Waals surface area contributed by atoms with Gasteiger partial charge in [-0.05, 0) is 25.7 Å². The van der Waals surface area contributed by atoms with Crippen LogP contribution in [-0.2, 0) is 0 Å². The zero-order valence-electron chi connectivity index (χ0n) is 13.7. The maximum atomic E-state index is 12.6. The number of aliphatic hydroxyl groups excluding tert-OH is 1. The van der Waals surface area contributed by atoms with Crippen molar-refractivity contribution in [3.63, 3.8) is 0 Å². The smallest absolute Gasteiger partial charge is 0.257 e. The third kappa shape index (κ3) is 4.42. The van der Waals surface area contributed by atoms with Crippen molar-refractivity contribution in [2.24, 2.45) is 5.92 Å². The molecule has 124 valence electrons. The minimum absolute atomic E-state index is 0.141. The number of hydrogen-bond donors (Lipinski definition) is 2. The molecule has 1 atom stereocenters. The van der Waals surface area contributed by atoms with Gasteiger partial charge in [0.15, 0.2) is 0 Å². The highest BCUT2D eigenvalue weighted by Gasteiger charge is 2.22. The number of benzene rings is 1. The maximum Gasteiger partial charge on any atom is 0.257 e. The molecule has 0 saturated carbocycles. The largest absolute Gasteiger partial charge is 0.396 e. The number of aromatic nitrogens is 1. The van der Waals surface area contributed by atoms with Crippen molar-refractivity contribution in [1.82, 2.24) is 10.5 Å². The normalized spacial score (nSPS) is 12.1. The Kier molecular flexibility index (Phi) is 6.35. The highest BCUT2D eigenvalue weighted by atomic mass is 16.5. The summed E-state index contributed by atoms with van der Waals surface area (Å²) in [5, 5.41) is 16.1. The monoisotopic (exact) mass is 316 g/mol. The SMILES string of the molecule is CCCC(CCO)CNC(=O)c1c(-c2ccccc2)noc1C. The molecule has 0 aliphatic rings. The summed E-state index contributed by atoms with van der Waals surface area (Å²) in [6.07, 6.45) is 2.71. The molecule has 1 heterocycles. The van der Waals surface area contributed by atoms with Crippen molar-refractivity contribution < 1.29 is 14.4 Å². The van der Waals surface area contributed by atoms with Crippen LogP contribution in [0.25, 0.3) is 11.3 Å². The number of amides is 1. The lowest BCUT2D eigenvalue weighted by Gasteiger charge is -2.15. The molecule has 0 saturated heterocycles. The molecular formula is C18H24N2O3. The molecule has 5 heteroatoms. The van der Waals surface area contributed by atoms with Crippen molar-refractivity contribution in [1.29, 1.82) is 0 Å². The molecule has 0 radical (unpaired) electrons. The quantitative estimate of drug-likeness (QED) is 0.784. The number of nitrogens with zero attached hydrogens (tertiary/aromatic N) is 1. The molecule has 2 aromatic rings. The van der Waals surface area contributed by atoms with Crippen LogP contribution in [0.15, 0.2) is 34.9 Å². The van der Waals surface area contributed by atoms with Gasteiger partial charge in [-0.3, -0.25) is 4.79 Å². The highest BCUT2D eigenvalue weighted by molar-refractivity contribution is 6.00. The molecule has 2 rings (SSSR count). The molecule has 5 nitrogen and oxygen atoms in total. The second kappa shape index (κ2) is 8.48. The van der Waals surface area contributed by atoms with Crippen LogP contribution in [0.1, 0.15) is 42.3 Å². The number of rotatable bonds is 8. The molecule has 0 bridgehead atoms. The lowest BCUT2D eigenvalue weighted by atomic mass is 10.00. The zero-order chi connectivity index (χ0) is 16.7. The van der Waals surface area contributed by atoms with Crippen molar-refractivity contribution in [3.05, 3.63) is 41.7 Å². The van der Waals surface area contributed by atoms with Gasteiger partial charge in [0, 0.05) is 18.7 Å². The molecule has 0 aliphatic heterocycles. The van der Waals surface area contributed by atoms with E-state index in [2.05, 4.69) is 17.4 Å². The molecule has 1 aromatic heterocycles. The molecule has 0 spiro atoms. The van der Waals surface area contributed by atoms with E-state index in [4.69, 9.17) is 9.63 Å². The summed E-state index contributed by atoms with van der Waals surface area (Å²) in [6, 6.07) is 9.53. The summed E-state index contributed by atoms with van der Waals surface area (Å²) < 4.78 is 5.22. The van der Waals surface area contributed by atoms with Crippen LogP contribution in [0.3, 0.4) is 0 Å². The fourth-order valence-electron chi connectivity index (χ4n) is 2.70. The number of aryl methyl sites for hydroxylation is 1. The molecule has 1 unspecified atom stereocenters. The van der Waals surface area contributed by atoms with Gasteiger partial charge < -0.3 is 14.9 Å². The third-order valence-corrected chi connectivity index (χ3v) is 3.92. The van der Waals surface area contributed by atoms with Crippen molar-refractivity contribution in [3.8, 4) is 11.3 Å². The second-order valence-electron chi connectivity index (χ2n) is 5.71. The standard InChI is InChI=1S/C18H24N2O3/c1-3-7-14(10-11-21)12-19-18(22)16-13(2)23-20-17(16)15-8-5-4-6-9-15/h4-6,8-9,14,21H,3,7,10-12H2,1-2H3,(H,19,22). The first-order chi connectivity index (χ1) is 11.2. The van der Waals surface area contributed by atoms with E-state index in [-0.39, 0.29) is 18.4 Å². The van der Waals surface area contributed by atoms with E-state index >= 15 is 0 Å². The highest BCUT2D eigenvalue weighted by Crippen LogP contribution is 2.25. The van der Waals surface area contributed by atoms with Crippen molar-refractivity contribution >= 4 is 5.91 Å². The van der Waals surface area contributed by atoms with Gasteiger partial charge in [0.1, 0.15) is 17.0 Å². The number of nitrogens with one attached hydrogen (secondary N) is 1. The van der Waals surface area contributed by atoms with Gasteiger partial charge >= 0.3 is 0 Å². The predicted octanol–water partition coefficient (Wildman–Crippen LogP) is 3.18. The van der Waals surface area contributed by atoms with E-state index in [1.165, 1.54) is 0 Å². The second-order valence-corrected chi connectivity index (χ2v) is 5.71. The van der Waals surface area contributed by atoms with Gasteiger partial charge in [-0.15, -0.1) is 0 Å². The summed E-state index contributed by atoms with van der Waals surface area (Å²) >= 11 is 0. The van der Waals surface area contributed by atoms with Crippen molar-refractivity contribution in [2.45, 2.75) is 33.1 Å². The van der Waals surface area contributed by atoms with E-state index < -0.39 is 0 Å². The molecule has 0 aliphatic carbocycles. The average molecular weight is 316 g/mol. The van der Waals surface area contributed by atoms with Gasteiger partial charge in [-0.1, -0.05) is 48.8 Å². The van der Waals surface area contributed by atoms with E-state index in [0.29, 0.717) is 30.0 Å². The van der Waals surface area contributed by atoms with Crippen LogP contribution in [0.5, 0.6) is 0 Å². The Morgan fingerprint density at radius 2 is 2.04 bits per heavy atom. The molecule has 2 N–H and O–H groups in total. The fraction of sp³-hybridized carbons (Fsp3) is 0.444. The van der Waals surface area contributed by atoms with E-state index in [9.17, 15) is 4.79 Å². The Morgan fingerprint density at radius 1 is 1.30 bits per heavy atom. The summed E-state index contributed by atoms with van der Waals surface area (Å²) in [5.41, 5.74) is 1.90. The average Bonchev–Trinajstić information content (AvgIpc) is 2.95. The maximum absolute atomic E-state index is 12.6. The van der Waals surface area contributed by atoms with Crippen LogP contribution in [0, 0.1) is 12.8 Å². The Bertz CT molecular complexity index is 616. The first kappa shape index (κ1) is 17.2. The Balaban J connectivity index is 2.12. The van der Waals surface area contributed by atoms with E-state index in [0.717, 1.165) is 18.4 Å². The van der Waals surface area contributed by atoms with Crippen LogP contribution >= 0.6 is 0 Å². The first-order valence-corrected chi connectivity index (χ1v) is 8.08.